The number of ether oxygens (including phenoxy) is 2. The van der Waals surface area contributed by atoms with Crippen LogP contribution in [0, 0.1) is 22.7 Å². The number of aromatic nitrogens is 4. The predicted molar refractivity (Wildman–Crippen MR) is 334 cm³/mol. The molecular formula is C63H52B2N6O8S4. The summed E-state index contributed by atoms with van der Waals surface area (Å²) in [5, 5.41) is 27.6. The van der Waals surface area contributed by atoms with Crippen molar-refractivity contribution in [3.8, 4) is 46.2 Å². The third-order valence-corrected chi connectivity index (χ3v) is 18.1. The van der Waals surface area contributed by atoms with Crippen LogP contribution in [0.25, 0.3) is 64.9 Å². The molecule has 0 radical (unpaired) electrons. The first kappa shape index (κ1) is 56.3. The fraction of sp³-hybridized carbons (Fsp3) is 0.143. The topological polar surface area (TPSA) is 210 Å². The Bertz CT molecular complexity index is 4510. The van der Waals surface area contributed by atoms with Gasteiger partial charge in [-0.25, -0.2) is 9.97 Å². The largest absolute Gasteiger partial charge is 0.494 e. The maximum atomic E-state index is 12.2. The lowest BCUT2D eigenvalue weighted by molar-refractivity contribution is 0.309. The number of unbranched alkanes of at least 4 members (excludes halogenated alkanes) is 2. The third kappa shape index (κ3) is 12.2. The van der Waals surface area contributed by atoms with Gasteiger partial charge in [0.2, 0.25) is 0 Å². The molecule has 11 rings (SSSR count). The maximum Gasteiger partial charge on any atom is 0.328 e. The van der Waals surface area contributed by atoms with Gasteiger partial charge in [-0.3, -0.25) is 9.11 Å². The van der Waals surface area contributed by atoms with Crippen molar-refractivity contribution in [2.45, 2.75) is 32.5 Å². The molecule has 20 heteroatoms. The zero-order valence-corrected chi connectivity index (χ0v) is 48.1. The number of nitrogens with zero attached hydrogens (tertiary/aromatic N) is 6. The highest BCUT2D eigenvalue weighted by molar-refractivity contribution is 7.86. The van der Waals surface area contributed by atoms with Gasteiger partial charge in [-0.2, -0.15) is 27.4 Å². The van der Waals surface area contributed by atoms with Crippen molar-refractivity contribution >= 4 is 115 Å². The lowest BCUT2D eigenvalue weighted by Gasteiger charge is -2.23. The number of rotatable bonds is 21. The van der Waals surface area contributed by atoms with Gasteiger partial charge in [0.05, 0.1) is 55.9 Å². The molecule has 0 spiro atoms. The van der Waals surface area contributed by atoms with E-state index in [0.29, 0.717) is 78.4 Å². The lowest BCUT2D eigenvalue weighted by atomic mass is 9.50. The fourth-order valence-corrected chi connectivity index (χ4v) is 13.7. The summed E-state index contributed by atoms with van der Waals surface area (Å²) in [6.45, 7) is 1.41. The second-order valence-electron chi connectivity index (χ2n) is 19.9. The second-order valence-corrected chi connectivity index (χ2v) is 25.1. The summed E-state index contributed by atoms with van der Waals surface area (Å²) in [5.41, 5.74) is 7.63. The van der Waals surface area contributed by atoms with Gasteiger partial charge in [0.25, 0.3) is 27.1 Å². The summed E-state index contributed by atoms with van der Waals surface area (Å²) < 4.78 is 83.4. The normalized spacial score (nSPS) is 12.5. The van der Waals surface area contributed by atoms with E-state index in [1.165, 1.54) is 22.7 Å². The number of nitriles is 2. The molecule has 11 aromatic rings. The van der Waals surface area contributed by atoms with Gasteiger partial charge in [0.1, 0.15) is 44.8 Å². The Kier molecular flexibility index (Phi) is 16.6. The smallest absolute Gasteiger partial charge is 0.328 e. The van der Waals surface area contributed by atoms with Gasteiger partial charge in [-0.15, -0.1) is 22.7 Å². The van der Waals surface area contributed by atoms with Crippen molar-refractivity contribution < 1.29 is 35.4 Å². The Hall–Kier alpha value is -8.59. The molecule has 2 N–H and O–H groups in total. The molecular weight excluding hydrogens is 1120 g/mol. The third-order valence-electron chi connectivity index (χ3n) is 14.4. The molecule has 4 heterocycles. The van der Waals surface area contributed by atoms with E-state index in [0.717, 1.165) is 47.9 Å². The quantitative estimate of drug-likeness (QED) is 0.0391. The van der Waals surface area contributed by atoms with E-state index in [2.05, 4.69) is 64.3 Å². The summed E-state index contributed by atoms with van der Waals surface area (Å²) >= 11 is 2.84. The molecule has 0 aliphatic rings. The molecule has 0 bridgehead atoms. The number of fused-ring (bicyclic) bond motifs is 3. The predicted octanol–water partition coefficient (Wildman–Crippen LogP) is 9.57. The van der Waals surface area contributed by atoms with E-state index in [9.17, 15) is 36.5 Å². The molecule has 14 nitrogen and oxygen atoms in total. The zero-order chi connectivity index (χ0) is 57.7. The van der Waals surface area contributed by atoms with Crippen LogP contribution in [0.5, 0.6) is 11.5 Å². The summed E-state index contributed by atoms with van der Waals surface area (Å²) in [7, 11) is -8.26. The van der Waals surface area contributed by atoms with Crippen LogP contribution in [0.15, 0.2) is 188 Å². The van der Waals surface area contributed by atoms with Crippen molar-refractivity contribution in [2.24, 2.45) is 0 Å². The summed E-state index contributed by atoms with van der Waals surface area (Å²) in [4.78, 5) is 10.4. The van der Waals surface area contributed by atoms with Gasteiger partial charge in [0, 0.05) is 22.2 Å². The molecule has 4 aromatic heterocycles. The lowest BCUT2D eigenvalue weighted by Crippen LogP contribution is -2.53. The van der Waals surface area contributed by atoms with Crippen molar-refractivity contribution in [2.75, 3.05) is 24.7 Å². The van der Waals surface area contributed by atoms with E-state index < -0.39 is 33.9 Å². The molecule has 83 heavy (non-hydrogen) atoms. The van der Waals surface area contributed by atoms with E-state index in [4.69, 9.17) is 19.4 Å². The molecule has 0 saturated carbocycles. The Morgan fingerprint density at radius 1 is 0.506 bits per heavy atom. The Morgan fingerprint density at radius 2 is 0.880 bits per heavy atom. The number of para-hydroxylation sites is 2. The second kappa shape index (κ2) is 24.5. The van der Waals surface area contributed by atoms with E-state index in [1.54, 1.807) is 0 Å². The standard InChI is InChI=1S/C63H52B2N6O8S4/c1-64(45-19-5-2-6-20-45)70-58(43-29-33-48(34-30-43)78-37-15-17-39-82(72,73)74)56-57(60(70)50(41-66)62-68-52-25-11-13-27-54(52)80-62)59(44-31-35-49(36-32-44)79-38-16-18-40-83(75,76)77)71(65(46-21-7-3-8-22-46)47-23-9-4-10-24-47)61(56)51(42-67)63-69-53-26-12-14-28-55(53)81-63/h2-14,19-36H,15-18,37-40H2,1H3,(H,72,73,74)(H,75,76,77)/b60-50-,61-51-. The average Bonchev–Trinajstić information content (AvgIpc) is 2.04. The van der Waals surface area contributed by atoms with Crippen molar-refractivity contribution in [1.29, 1.82) is 10.5 Å². The highest BCUT2D eigenvalue weighted by Gasteiger charge is 2.36. The summed E-state index contributed by atoms with van der Waals surface area (Å²) in [5.74, 6) is 0.295. The molecule has 0 saturated heterocycles. The molecule has 0 fully saturated rings. The number of benzene rings is 7. The molecule has 0 aliphatic heterocycles. The van der Waals surface area contributed by atoms with Crippen LogP contribution in [-0.2, 0) is 20.2 Å². The summed E-state index contributed by atoms with van der Waals surface area (Å²) in [6, 6.07) is 66.6. The SMILES string of the molecule is CB(c1ccccc1)n1c(-c2ccc(OCCCCS(=O)(=O)O)cc2)c2/c(=C(\C#N)c3nc4ccccc4s3)n(B(c3ccccc3)c3ccccc3)c(-c3ccc(OCCCCS(=O)(=O)O)cc3)c2/c1=C(\C#N)c1nc2ccccc2s1. The molecule has 412 valence electrons. The van der Waals surface area contributed by atoms with Gasteiger partial charge in [0.15, 0.2) is 0 Å². The van der Waals surface area contributed by atoms with Gasteiger partial charge >= 0.3 is 6.85 Å². The van der Waals surface area contributed by atoms with Crippen LogP contribution in [0.4, 0.5) is 0 Å². The van der Waals surface area contributed by atoms with E-state index >= 15 is 0 Å². The maximum absolute atomic E-state index is 12.2. The first-order chi connectivity index (χ1) is 40.3. The van der Waals surface area contributed by atoms with Crippen LogP contribution in [0.2, 0.25) is 6.82 Å². The monoisotopic (exact) mass is 1170 g/mol. The van der Waals surface area contributed by atoms with E-state index in [1.807, 2.05) is 152 Å². The van der Waals surface area contributed by atoms with Crippen LogP contribution in [0.1, 0.15) is 35.7 Å². The minimum atomic E-state index is -4.13. The van der Waals surface area contributed by atoms with Gasteiger partial charge < -0.3 is 18.4 Å². The number of hydrogen-bond acceptors (Lipinski definition) is 12. The van der Waals surface area contributed by atoms with Crippen LogP contribution in [-0.4, -0.2) is 83.3 Å². The van der Waals surface area contributed by atoms with Crippen LogP contribution < -0.4 is 36.6 Å². The van der Waals surface area contributed by atoms with Crippen molar-refractivity contribution in [3.05, 3.63) is 209 Å². The highest BCUT2D eigenvalue weighted by atomic mass is 32.2. The van der Waals surface area contributed by atoms with Gasteiger partial charge in [-0.1, -0.05) is 138 Å². The fourth-order valence-electron chi connectivity index (χ4n) is 10.7. The first-order valence-corrected chi connectivity index (χ1v) is 31.7. The summed E-state index contributed by atoms with van der Waals surface area (Å²) in [6.07, 6.45) is 1.19. The minimum absolute atomic E-state index is 0.195. The Balaban J connectivity index is 1.33. The van der Waals surface area contributed by atoms with Crippen molar-refractivity contribution in [3.63, 3.8) is 0 Å². The highest BCUT2D eigenvalue weighted by Crippen LogP contribution is 2.39. The molecule has 0 aliphatic carbocycles. The number of thiazole rings is 2. The molecule has 0 atom stereocenters. The van der Waals surface area contributed by atoms with Crippen molar-refractivity contribution in [1.82, 2.24) is 18.9 Å². The number of hydrogen-bond donors (Lipinski definition) is 2. The molecule has 7 aromatic carbocycles. The Morgan fingerprint density at radius 3 is 1.28 bits per heavy atom. The van der Waals surface area contributed by atoms with E-state index in [-0.39, 0.29) is 37.6 Å². The first-order valence-electron chi connectivity index (χ1n) is 26.9. The minimum Gasteiger partial charge on any atom is -0.494 e. The molecule has 0 unspecified atom stereocenters. The zero-order valence-electron chi connectivity index (χ0n) is 44.9. The molecule has 0 amide bonds. The van der Waals surface area contributed by atoms with Crippen LogP contribution in [0.3, 0.4) is 0 Å². The average molecular weight is 1170 g/mol. The van der Waals surface area contributed by atoms with Crippen LogP contribution >= 0.6 is 22.7 Å². The van der Waals surface area contributed by atoms with Gasteiger partial charge in [-0.05, 0) is 110 Å². The Labute approximate surface area is 489 Å².